The van der Waals surface area contributed by atoms with Crippen molar-refractivity contribution in [2.45, 2.75) is 10.9 Å². The second-order valence-corrected chi connectivity index (χ2v) is 5.03. The Bertz CT molecular complexity index is 566. The van der Waals surface area contributed by atoms with Crippen molar-refractivity contribution in [3.63, 3.8) is 0 Å². The van der Waals surface area contributed by atoms with Crippen molar-refractivity contribution >= 4 is 58.9 Å². The van der Waals surface area contributed by atoms with Gasteiger partial charge in [0.05, 0.1) is 11.2 Å². The number of rotatable bonds is 3. The highest BCUT2D eigenvalue weighted by Gasteiger charge is 2.04. The van der Waals surface area contributed by atoms with E-state index in [1.165, 1.54) is 0 Å². The lowest BCUT2D eigenvalue weighted by Crippen LogP contribution is -1.85. The Morgan fingerprint density at radius 2 is 2.11 bits per heavy atom. The van der Waals surface area contributed by atoms with Crippen LogP contribution in [-0.2, 0) is 5.75 Å². The molecule has 0 radical (unpaired) electrons. The molecule has 3 rings (SSSR count). The van der Waals surface area contributed by atoms with E-state index in [9.17, 15) is 0 Å². The Kier molecular flexibility index (Phi) is 5.95. The zero-order chi connectivity index (χ0) is 10.8. The summed E-state index contributed by atoms with van der Waals surface area (Å²) in [6.07, 6.45) is 1.82. The number of pyridine rings is 1. The fourth-order valence-corrected chi connectivity index (χ4v) is 2.91. The van der Waals surface area contributed by atoms with E-state index in [-0.39, 0.29) is 24.8 Å². The molecule has 96 valence electrons. The van der Waals surface area contributed by atoms with Gasteiger partial charge in [0.25, 0.3) is 0 Å². The van der Waals surface area contributed by atoms with Crippen LogP contribution in [0.2, 0.25) is 0 Å². The van der Waals surface area contributed by atoms with E-state index in [2.05, 4.69) is 25.7 Å². The number of aromatic amines is 1. The van der Waals surface area contributed by atoms with E-state index in [0.717, 1.165) is 27.6 Å². The molecule has 0 fully saturated rings. The molecule has 1 N–H and O–H groups in total. The standard InChI is InChI=1S/C11H9N3S2.2ClH/c1-2-4-12-8(3-1)5-16-11-13-9-6-15-7-10(9)14-11;;/h1-4,6-7H,5H2,(H,13,14);2*1H. The molecule has 0 spiro atoms. The first-order valence-electron chi connectivity index (χ1n) is 4.86. The minimum Gasteiger partial charge on any atom is -0.332 e. The molecule has 0 amide bonds. The summed E-state index contributed by atoms with van der Waals surface area (Å²) >= 11 is 3.35. The van der Waals surface area contributed by atoms with Crippen LogP contribution >= 0.6 is 47.9 Å². The number of H-pyrrole nitrogens is 1. The van der Waals surface area contributed by atoms with E-state index in [0.29, 0.717) is 0 Å². The van der Waals surface area contributed by atoms with E-state index in [1.807, 2.05) is 24.4 Å². The molecule has 3 aromatic rings. The third kappa shape index (κ3) is 3.38. The maximum Gasteiger partial charge on any atom is 0.166 e. The van der Waals surface area contributed by atoms with Gasteiger partial charge in [-0.1, -0.05) is 17.8 Å². The van der Waals surface area contributed by atoms with Crippen LogP contribution in [0.15, 0.2) is 40.3 Å². The van der Waals surface area contributed by atoms with Crippen LogP contribution in [0.1, 0.15) is 5.69 Å². The molecular formula is C11H11Cl2N3S2. The lowest BCUT2D eigenvalue weighted by Gasteiger charge is -1.96. The zero-order valence-corrected chi connectivity index (χ0v) is 12.5. The van der Waals surface area contributed by atoms with E-state index in [1.54, 1.807) is 23.1 Å². The number of hydrogen-bond donors (Lipinski definition) is 1. The Hall–Kier alpha value is -0.750. The molecule has 0 saturated heterocycles. The molecule has 3 aromatic heterocycles. The molecule has 0 aliphatic carbocycles. The van der Waals surface area contributed by atoms with Crippen molar-refractivity contribution in [1.82, 2.24) is 15.0 Å². The number of aromatic nitrogens is 3. The third-order valence-electron chi connectivity index (χ3n) is 2.19. The summed E-state index contributed by atoms with van der Waals surface area (Å²) in [5.74, 6) is 0.848. The highest BCUT2D eigenvalue weighted by atomic mass is 35.5. The summed E-state index contributed by atoms with van der Waals surface area (Å²) in [5.41, 5.74) is 3.24. The fraction of sp³-hybridized carbons (Fsp3) is 0.0909. The minimum atomic E-state index is 0. The lowest BCUT2D eigenvalue weighted by molar-refractivity contribution is 1.07. The molecular weight excluding hydrogens is 309 g/mol. The number of fused-ring (bicyclic) bond motifs is 1. The quantitative estimate of drug-likeness (QED) is 0.737. The predicted octanol–water partition coefficient (Wildman–Crippen LogP) is 4.16. The molecule has 0 atom stereocenters. The molecule has 0 aromatic carbocycles. The van der Waals surface area contributed by atoms with Gasteiger partial charge in [0, 0.05) is 22.7 Å². The summed E-state index contributed by atoms with van der Waals surface area (Å²) in [4.78, 5) is 12.0. The van der Waals surface area contributed by atoms with Crippen molar-refractivity contribution in [2.24, 2.45) is 0 Å². The second kappa shape index (κ2) is 6.99. The molecule has 0 aliphatic rings. The van der Waals surface area contributed by atoms with Crippen LogP contribution < -0.4 is 0 Å². The number of thioether (sulfide) groups is 1. The van der Waals surface area contributed by atoms with Gasteiger partial charge >= 0.3 is 0 Å². The Morgan fingerprint density at radius 3 is 2.83 bits per heavy atom. The molecule has 7 heteroatoms. The summed E-state index contributed by atoms with van der Waals surface area (Å²) in [6.45, 7) is 0. The maximum absolute atomic E-state index is 4.48. The van der Waals surface area contributed by atoms with Gasteiger partial charge in [-0.2, -0.15) is 0 Å². The molecule has 18 heavy (non-hydrogen) atoms. The molecule has 0 aliphatic heterocycles. The number of thiophene rings is 1. The average Bonchev–Trinajstić information content (AvgIpc) is 2.88. The van der Waals surface area contributed by atoms with Crippen molar-refractivity contribution in [2.75, 3.05) is 0 Å². The normalized spacial score (nSPS) is 9.78. The smallest absolute Gasteiger partial charge is 0.166 e. The molecule has 3 nitrogen and oxygen atoms in total. The number of nitrogens with zero attached hydrogens (tertiary/aromatic N) is 2. The van der Waals surface area contributed by atoms with Gasteiger partial charge in [-0.05, 0) is 12.1 Å². The van der Waals surface area contributed by atoms with Gasteiger partial charge in [0.2, 0.25) is 0 Å². The van der Waals surface area contributed by atoms with Crippen LogP contribution in [0.4, 0.5) is 0 Å². The largest absolute Gasteiger partial charge is 0.332 e. The SMILES string of the molecule is Cl.Cl.c1ccc(CSc2nc3cscc3[nH]2)nc1. The van der Waals surface area contributed by atoms with Gasteiger partial charge in [0.1, 0.15) is 5.52 Å². The summed E-state index contributed by atoms with van der Waals surface area (Å²) < 4.78 is 0. The van der Waals surface area contributed by atoms with Crippen LogP contribution in [0, 0.1) is 0 Å². The first-order chi connectivity index (χ1) is 7.92. The van der Waals surface area contributed by atoms with Crippen LogP contribution in [0.3, 0.4) is 0 Å². The van der Waals surface area contributed by atoms with Crippen LogP contribution in [0.25, 0.3) is 11.0 Å². The Morgan fingerprint density at radius 1 is 1.22 bits per heavy atom. The molecule has 0 bridgehead atoms. The first-order valence-corrected chi connectivity index (χ1v) is 6.79. The van der Waals surface area contributed by atoms with Gasteiger partial charge in [-0.3, -0.25) is 4.98 Å². The van der Waals surface area contributed by atoms with Gasteiger partial charge in [-0.25, -0.2) is 4.98 Å². The fourth-order valence-electron chi connectivity index (χ4n) is 1.42. The van der Waals surface area contributed by atoms with Crippen LogP contribution in [0.5, 0.6) is 0 Å². The molecule has 0 unspecified atom stereocenters. The second-order valence-electron chi connectivity index (χ2n) is 3.32. The highest BCUT2D eigenvalue weighted by Crippen LogP contribution is 2.24. The van der Waals surface area contributed by atoms with Gasteiger partial charge < -0.3 is 4.98 Å². The summed E-state index contributed by atoms with van der Waals surface area (Å²) in [7, 11) is 0. The van der Waals surface area contributed by atoms with E-state index < -0.39 is 0 Å². The van der Waals surface area contributed by atoms with E-state index >= 15 is 0 Å². The van der Waals surface area contributed by atoms with Crippen molar-refractivity contribution in [3.8, 4) is 0 Å². The number of halogens is 2. The van der Waals surface area contributed by atoms with Gasteiger partial charge in [-0.15, -0.1) is 36.2 Å². The molecule has 0 saturated carbocycles. The maximum atomic E-state index is 4.48. The number of nitrogens with one attached hydrogen (secondary N) is 1. The third-order valence-corrected chi connectivity index (χ3v) is 3.83. The average molecular weight is 320 g/mol. The summed E-state index contributed by atoms with van der Waals surface area (Å²) in [5, 5.41) is 5.09. The topological polar surface area (TPSA) is 41.6 Å². The number of hydrogen-bond acceptors (Lipinski definition) is 4. The van der Waals surface area contributed by atoms with E-state index in [4.69, 9.17) is 0 Å². The summed E-state index contributed by atoms with van der Waals surface area (Å²) in [6, 6.07) is 5.96. The van der Waals surface area contributed by atoms with Crippen molar-refractivity contribution < 1.29 is 0 Å². The monoisotopic (exact) mass is 319 g/mol. The first kappa shape index (κ1) is 15.3. The highest BCUT2D eigenvalue weighted by molar-refractivity contribution is 7.98. The molecule has 3 heterocycles. The van der Waals surface area contributed by atoms with Crippen LogP contribution in [-0.4, -0.2) is 15.0 Å². The lowest BCUT2D eigenvalue weighted by atomic mass is 10.4. The van der Waals surface area contributed by atoms with Crippen molar-refractivity contribution in [1.29, 1.82) is 0 Å². The zero-order valence-electron chi connectivity index (χ0n) is 9.20. The van der Waals surface area contributed by atoms with Gasteiger partial charge in [0.15, 0.2) is 5.16 Å². The van der Waals surface area contributed by atoms with Crippen molar-refractivity contribution in [3.05, 3.63) is 40.8 Å². The predicted molar refractivity (Wildman–Crippen MR) is 82.3 cm³/mol. The Balaban J connectivity index is 0.000000810. The Labute approximate surface area is 125 Å². The minimum absolute atomic E-state index is 0. The number of imidazole rings is 1.